The molecular formula is C13H12N2O2S. The first-order valence-electron chi connectivity index (χ1n) is 5.37. The van der Waals surface area contributed by atoms with Crippen molar-refractivity contribution in [2.24, 2.45) is 0 Å². The number of carboxylic acids is 1. The number of carbonyl (C=O) groups is 1. The van der Waals surface area contributed by atoms with Crippen molar-refractivity contribution in [1.82, 2.24) is 9.97 Å². The number of aryl methyl sites for hydroxylation is 1. The Morgan fingerprint density at radius 3 is 2.67 bits per heavy atom. The van der Waals surface area contributed by atoms with Gasteiger partial charge in [0.2, 0.25) is 0 Å². The molecule has 0 aliphatic carbocycles. The first kappa shape index (κ1) is 12.4. The Labute approximate surface area is 109 Å². The quantitative estimate of drug-likeness (QED) is 0.862. The number of thiazole rings is 1. The van der Waals surface area contributed by atoms with Crippen molar-refractivity contribution >= 4 is 22.9 Å². The van der Waals surface area contributed by atoms with Crippen molar-refractivity contribution in [2.45, 2.75) is 13.8 Å². The van der Waals surface area contributed by atoms with Gasteiger partial charge >= 0.3 is 5.97 Å². The second kappa shape index (κ2) is 5.10. The van der Waals surface area contributed by atoms with Crippen molar-refractivity contribution < 1.29 is 9.90 Å². The highest BCUT2D eigenvalue weighted by molar-refractivity contribution is 7.13. The number of nitrogens with zero attached hydrogens (tertiary/aromatic N) is 2. The van der Waals surface area contributed by atoms with Crippen LogP contribution in [0.5, 0.6) is 0 Å². The lowest BCUT2D eigenvalue weighted by Crippen LogP contribution is -1.90. The van der Waals surface area contributed by atoms with E-state index in [4.69, 9.17) is 5.11 Å². The number of hydrogen-bond acceptors (Lipinski definition) is 4. The van der Waals surface area contributed by atoms with Crippen molar-refractivity contribution in [3.63, 3.8) is 0 Å². The summed E-state index contributed by atoms with van der Waals surface area (Å²) in [6, 6.07) is 3.73. The molecule has 18 heavy (non-hydrogen) atoms. The van der Waals surface area contributed by atoms with Gasteiger partial charge in [0.05, 0.1) is 15.6 Å². The predicted octanol–water partition coefficient (Wildman–Crippen LogP) is 3.00. The van der Waals surface area contributed by atoms with E-state index in [0.29, 0.717) is 5.57 Å². The predicted molar refractivity (Wildman–Crippen MR) is 71.4 cm³/mol. The van der Waals surface area contributed by atoms with Crippen LogP contribution in [0, 0.1) is 6.92 Å². The number of hydrogen-bond donors (Lipinski definition) is 1. The SMILES string of the molecule is C/C(=C\C(=O)O)c1sc(C)nc1-c1ccncc1. The fourth-order valence-electron chi connectivity index (χ4n) is 1.65. The highest BCUT2D eigenvalue weighted by Crippen LogP contribution is 2.32. The van der Waals surface area contributed by atoms with Crippen molar-refractivity contribution in [1.29, 1.82) is 0 Å². The van der Waals surface area contributed by atoms with Gasteiger partial charge in [0.1, 0.15) is 0 Å². The molecule has 0 radical (unpaired) electrons. The average molecular weight is 260 g/mol. The molecule has 2 rings (SSSR count). The Kier molecular flexibility index (Phi) is 3.53. The van der Waals surface area contributed by atoms with Gasteiger partial charge in [-0.1, -0.05) is 0 Å². The van der Waals surface area contributed by atoms with Crippen molar-refractivity contribution in [3.05, 3.63) is 40.5 Å². The largest absolute Gasteiger partial charge is 0.478 e. The minimum atomic E-state index is -0.945. The maximum Gasteiger partial charge on any atom is 0.328 e. The van der Waals surface area contributed by atoms with Crippen LogP contribution in [0.1, 0.15) is 16.8 Å². The zero-order valence-electron chi connectivity index (χ0n) is 10.0. The van der Waals surface area contributed by atoms with Crippen LogP contribution in [0.2, 0.25) is 0 Å². The fraction of sp³-hybridized carbons (Fsp3) is 0.154. The Morgan fingerprint density at radius 1 is 1.39 bits per heavy atom. The molecule has 5 heteroatoms. The van der Waals surface area contributed by atoms with Gasteiger partial charge in [-0.25, -0.2) is 9.78 Å². The lowest BCUT2D eigenvalue weighted by Gasteiger charge is -2.01. The molecule has 0 fully saturated rings. The molecule has 1 N–H and O–H groups in total. The van der Waals surface area contributed by atoms with Crippen LogP contribution in [0.25, 0.3) is 16.8 Å². The summed E-state index contributed by atoms with van der Waals surface area (Å²) in [6.45, 7) is 3.69. The highest BCUT2D eigenvalue weighted by atomic mass is 32.1. The summed E-state index contributed by atoms with van der Waals surface area (Å²) in [5.41, 5.74) is 2.47. The van der Waals surface area contributed by atoms with Crippen LogP contribution in [0.4, 0.5) is 0 Å². The van der Waals surface area contributed by atoms with Gasteiger partial charge in [-0.15, -0.1) is 11.3 Å². The Hall–Kier alpha value is -2.01. The van der Waals surface area contributed by atoms with Gasteiger partial charge in [0, 0.05) is 24.0 Å². The smallest absolute Gasteiger partial charge is 0.328 e. The Bertz CT molecular complexity index is 603. The number of carboxylic acid groups (broad SMARTS) is 1. The highest BCUT2D eigenvalue weighted by Gasteiger charge is 2.13. The molecule has 0 unspecified atom stereocenters. The van der Waals surface area contributed by atoms with Crippen LogP contribution in [0.15, 0.2) is 30.6 Å². The van der Waals surface area contributed by atoms with E-state index in [-0.39, 0.29) is 0 Å². The summed E-state index contributed by atoms with van der Waals surface area (Å²) >= 11 is 1.50. The third kappa shape index (κ3) is 2.62. The molecule has 92 valence electrons. The van der Waals surface area contributed by atoms with Gasteiger partial charge in [-0.2, -0.15) is 0 Å². The number of rotatable bonds is 3. The molecule has 2 heterocycles. The van der Waals surface area contributed by atoms with Crippen LogP contribution in [0.3, 0.4) is 0 Å². The Morgan fingerprint density at radius 2 is 2.06 bits per heavy atom. The fourth-order valence-corrected chi connectivity index (χ4v) is 2.56. The first-order valence-corrected chi connectivity index (χ1v) is 6.19. The first-order chi connectivity index (χ1) is 8.58. The third-order valence-corrected chi connectivity index (χ3v) is 3.49. The van der Waals surface area contributed by atoms with E-state index < -0.39 is 5.97 Å². The molecule has 0 spiro atoms. The Balaban J connectivity index is 2.53. The molecule has 4 nitrogen and oxygen atoms in total. The summed E-state index contributed by atoms with van der Waals surface area (Å²) in [4.78, 5) is 20.1. The molecule has 0 amide bonds. The molecule has 0 aliphatic heterocycles. The van der Waals surface area contributed by atoms with Crippen LogP contribution >= 0.6 is 11.3 Å². The summed E-state index contributed by atoms with van der Waals surface area (Å²) in [7, 11) is 0. The molecule has 0 bridgehead atoms. The van der Waals surface area contributed by atoms with E-state index in [0.717, 1.165) is 21.1 Å². The molecule has 0 aliphatic rings. The van der Waals surface area contributed by atoms with E-state index >= 15 is 0 Å². The standard InChI is InChI=1S/C13H12N2O2S/c1-8(7-11(16)17)13-12(15-9(2)18-13)10-3-5-14-6-4-10/h3-7H,1-2H3,(H,16,17)/b8-7+. The minimum absolute atomic E-state index is 0.708. The van der Waals surface area contributed by atoms with Gasteiger partial charge in [0.25, 0.3) is 0 Å². The molecule has 0 aromatic carbocycles. The van der Waals surface area contributed by atoms with E-state index in [2.05, 4.69) is 9.97 Å². The van der Waals surface area contributed by atoms with Crippen LogP contribution in [-0.2, 0) is 4.79 Å². The summed E-state index contributed by atoms with van der Waals surface area (Å²) in [6.07, 6.45) is 4.60. The lowest BCUT2D eigenvalue weighted by atomic mass is 10.1. The second-order valence-corrected chi connectivity index (χ2v) is 5.02. The number of aliphatic carboxylic acids is 1. The van der Waals surface area contributed by atoms with E-state index in [1.165, 1.54) is 17.4 Å². The second-order valence-electron chi connectivity index (χ2n) is 3.81. The number of pyridine rings is 1. The zero-order valence-corrected chi connectivity index (χ0v) is 10.9. The van der Waals surface area contributed by atoms with Gasteiger partial charge in [-0.05, 0) is 31.6 Å². The molecular weight excluding hydrogens is 248 g/mol. The summed E-state index contributed by atoms with van der Waals surface area (Å²) < 4.78 is 0. The lowest BCUT2D eigenvalue weighted by molar-refractivity contribution is -0.131. The van der Waals surface area contributed by atoms with Crippen molar-refractivity contribution in [2.75, 3.05) is 0 Å². The van der Waals surface area contributed by atoms with E-state index in [9.17, 15) is 4.79 Å². The monoisotopic (exact) mass is 260 g/mol. The molecule has 0 saturated heterocycles. The minimum Gasteiger partial charge on any atom is -0.478 e. The van der Waals surface area contributed by atoms with Gasteiger partial charge < -0.3 is 5.11 Å². The third-order valence-electron chi connectivity index (χ3n) is 2.39. The van der Waals surface area contributed by atoms with E-state index in [1.807, 2.05) is 19.1 Å². The average Bonchev–Trinajstić information content (AvgIpc) is 2.72. The number of allylic oxidation sites excluding steroid dienone is 1. The molecule has 2 aromatic heterocycles. The molecule has 2 aromatic rings. The van der Waals surface area contributed by atoms with Crippen LogP contribution in [-0.4, -0.2) is 21.0 Å². The zero-order chi connectivity index (χ0) is 13.1. The summed E-state index contributed by atoms with van der Waals surface area (Å²) in [5, 5.41) is 9.72. The number of aromatic nitrogens is 2. The molecule has 0 atom stereocenters. The topological polar surface area (TPSA) is 63.1 Å². The van der Waals surface area contributed by atoms with E-state index in [1.54, 1.807) is 19.3 Å². The van der Waals surface area contributed by atoms with Crippen LogP contribution < -0.4 is 0 Å². The van der Waals surface area contributed by atoms with Crippen molar-refractivity contribution in [3.8, 4) is 11.3 Å². The normalized spacial score (nSPS) is 11.6. The maximum absolute atomic E-state index is 10.7. The van der Waals surface area contributed by atoms with Gasteiger partial charge in [-0.3, -0.25) is 4.98 Å². The summed E-state index contributed by atoms with van der Waals surface area (Å²) in [5.74, 6) is -0.945. The molecule has 0 saturated carbocycles. The maximum atomic E-state index is 10.7. The van der Waals surface area contributed by atoms with Gasteiger partial charge in [0.15, 0.2) is 0 Å².